The lowest BCUT2D eigenvalue weighted by Gasteiger charge is -2.37. The minimum atomic E-state index is -2.14. The third-order valence-electron chi connectivity index (χ3n) is 4.77. The van der Waals surface area contributed by atoms with Gasteiger partial charge in [-0.15, -0.1) is 11.3 Å². The zero-order valence-electron chi connectivity index (χ0n) is 15.6. The summed E-state index contributed by atoms with van der Waals surface area (Å²) in [6.07, 6.45) is -0.556. The van der Waals surface area contributed by atoms with E-state index in [0.717, 1.165) is 12.1 Å². The normalized spacial score (nSPS) is 13.8. The first-order valence-electron chi connectivity index (χ1n) is 8.96. The summed E-state index contributed by atoms with van der Waals surface area (Å²) in [5.74, 6) is -5.08. The van der Waals surface area contributed by atoms with Gasteiger partial charge in [-0.05, 0) is 41.3 Å². The summed E-state index contributed by atoms with van der Waals surface area (Å²) < 4.78 is 13.6. The molecule has 3 aromatic rings. The van der Waals surface area contributed by atoms with Crippen LogP contribution in [0, 0.1) is 5.82 Å². The first-order chi connectivity index (χ1) is 14.3. The van der Waals surface area contributed by atoms with Crippen molar-refractivity contribution in [1.29, 1.82) is 0 Å². The lowest BCUT2D eigenvalue weighted by atomic mass is 9.75. The van der Waals surface area contributed by atoms with E-state index >= 15 is 0 Å². The van der Waals surface area contributed by atoms with Crippen LogP contribution in [0.2, 0.25) is 0 Å². The minimum Gasteiger partial charge on any atom is -0.481 e. The van der Waals surface area contributed by atoms with Gasteiger partial charge in [-0.3, -0.25) is 9.59 Å². The van der Waals surface area contributed by atoms with Crippen LogP contribution in [-0.4, -0.2) is 28.1 Å². The second-order valence-corrected chi connectivity index (χ2v) is 7.59. The number of hydrogen-bond donors (Lipinski definition) is 3. The number of aliphatic carboxylic acids is 2. The number of carboxylic acid groups (broad SMARTS) is 2. The summed E-state index contributed by atoms with van der Waals surface area (Å²) in [5.41, 5.74) is -1.85. The molecule has 2 atom stereocenters. The van der Waals surface area contributed by atoms with Gasteiger partial charge in [0, 0.05) is 16.4 Å². The van der Waals surface area contributed by atoms with Gasteiger partial charge in [-0.2, -0.15) is 0 Å². The van der Waals surface area contributed by atoms with E-state index < -0.39 is 41.5 Å². The quantitative estimate of drug-likeness (QED) is 0.507. The Morgan fingerprint density at radius 1 is 0.967 bits per heavy atom. The molecule has 0 saturated heterocycles. The van der Waals surface area contributed by atoms with Crippen LogP contribution in [0.25, 0.3) is 0 Å². The van der Waals surface area contributed by atoms with Crippen molar-refractivity contribution in [2.45, 2.75) is 17.9 Å². The smallest absolute Gasteiger partial charge is 0.334 e. The number of thiophene rings is 1. The molecule has 2 unspecified atom stereocenters. The van der Waals surface area contributed by atoms with E-state index in [9.17, 15) is 29.0 Å². The number of carboxylic acids is 2. The number of amides is 1. The first kappa shape index (κ1) is 21.2. The molecule has 0 aliphatic heterocycles. The van der Waals surface area contributed by atoms with Gasteiger partial charge >= 0.3 is 11.9 Å². The van der Waals surface area contributed by atoms with E-state index in [0.29, 0.717) is 4.88 Å². The van der Waals surface area contributed by atoms with E-state index in [1.807, 2.05) is 0 Å². The lowest BCUT2D eigenvalue weighted by molar-refractivity contribution is -0.147. The third-order valence-corrected chi connectivity index (χ3v) is 5.76. The molecule has 3 rings (SSSR count). The molecular weight excluding hydrogens is 409 g/mol. The summed E-state index contributed by atoms with van der Waals surface area (Å²) in [4.78, 5) is 37.8. The zero-order chi connectivity index (χ0) is 21.7. The second kappa shape index (κ2) is 8.87. The molecule has 1 aromatic heterocycles. The maximum Gasteiger partial charge on any atom is 0.334 e. The topological polar surface area (TPSA) is 104 Å². The summed E-state index contributed by atoms with van der Waals surface area (Å²) >= 11 is 1.19. The number of benzene rings is 2. The molecule has 0 radical (unpaired) electrons. The molecule has 0 spiro atoms. The third kappa shape index (κ3) is 4.23. The molecule has 1 heterocycles. The Balaban J connectivity index is 2.21. The monoisotopic (exact) mass is 427 g/mol. The van der Waals surface area contributed by atoms with E-state index in [1.165, 1.54) is 35.6 Å². The Kier molecular flexibility index (Phi) is 6.27. The molecular formula is C22H18FNO5S. The largest absolute Gasteiger partial charge is 0.481 e. The van der Waals surface area contributed by atoms with Gasteiger partial charge in [0.1, 0.15) is 5.82 Å². The van der Waals surface area contributed by atoms with Crippen molar-refractivity contribution >= 4 is 29.2 Å². The SMILES string of the molecule is O=C(O)CC(c1cccs1)C(NC(=O)c1ccccc1)(C(=O)O)c1ccc(F)cc1. The molecule has 3 N–H and O–H groups in total. The average Bonchev–Trinajstić information content (AvgIpc) is 3.26. The van der Waals surface area contributed by atoms with Gasteiger partial charge in [-0.1, -0.05) is 36.4 Å². The van der Waals surface area contributed by atoms with Crippen molar-refractivity contribution in [3.05, 3.63) is 93.9 Å². The molecule has 0 saturated carbocycles. The first-order valence-corrected chi connectivity index (χ1v) is 9.84. The Morgan fingerprint density at radius 3 is 2.17 bits per heavy atom. The molecule has 1 amide bonds. The van der Waals surface area contributed by atoms with Gasteiger partial charge in [-0.25, -0.2) is 9.18 Å². The second-order valence-electron chi connectivity index (χ2n) is 6.61. The lowest BCUT2D eigenvalue weighted by Crippen LogP contribution is -2.56. The fraction of sp³-hybridized carbons (Fsp3) is 0.136. The molecule has 30 heavy (non-hydrogen) atoms. The number of halogens is 1. The minimum absolute atomic E-state index is 0.0698. The predicted octanol–water partition coefficient (Wildman–Crippen LogP) is 3.86. The highest BCUT2D eigenvalue weighted by Gasteiger charge is 2.51. The number of carbonyl (C=O) groups is 3. The Hall–Kier alpha value is -3.52. The molecule has 154 valence electrons. The van der Waals surface area contributed by atoms with Gasteiger partial charge < -0.3 is 15.5 Å². The molecule has 0 bridgehead atoms. The molecule has 0 fully saturated rings. The Morgan fingerprint density at radius 2 is 1.63 bits per heavy atom. The fourth-order valence-electron chi connectivity index (χ4n) is 3.37. The van der Waals surface area contributed by atoms with Crippen molar-refractivity contribution < 1.29 is 29.0 Å². The van der Waals surface area contributed by atoms with Crippen molar-refractivity contribution in [2.24, 2.45) is 0 Å². The maximum absolute atomic E-state index is 13.6. The van der Waals surface area contributed by atoms with Gasteiger partial charge in [0.15, 0.2) is 5.54 Å². The number of nitrogens with one attached hydrogen (secondary N) is 1. The Labute approximate surface area is 175 Å². The predicted molar refractivity (Wildman–Crippen MR) is 109 cm³/mol. The summed E-state index contributed by atoms with van der Waals surface area (Å²) in [7, 11) is 0. The van der Waals surface area contributed by atoms with Crippen molar-refractivity contribution in [2.75, 3.05) is 0 Å². The average molecular weight is 427 g/mol. The van der Waals surface area contributed by atoms with E-state index in [-0.39, 0.29) is 11.1 Å². The van der Waals surface area contributed by atoms with Crippen molar-refractivity contribution in [1.82, 2.24) is 5.32 Å². The summed E-state index contributed by atoms with van der Waals surface area (Å²) in [6, 6.07) is 15.9. The van der Waals surface area contributed by atoms with Crippen molar-refractivity contribution in [3.63, 3.8) is 0 Å². The van der Waals surface area contributed by atoms with Crippen LogP contribution in [0.4, 0.5) is 4.39 Å². The van der Waals surface area contributed by atoms with Crippen LogP contribution < -0.4 is 5.32 Å². The highest BCUT2D eigenvalue weighted by molar-refractivity contribution is 7.10. The molecule has 8 heteroatoms. The Bertz CT molecular complexity index is 1040. The summed E-state index contributed by atoms with van der Waals surface area (Å²) in [6.45, 7) is 0. The molecule has 0 aliphatic rings. The molecule has 2 aromatic carbocycles. The van der Waals surface area contributed by atoms with Crippen LogP contribution in [0.3, 0.4) is 0 Å². The number of rotatable bonds is 8. The maximum atomic E-state index is 13.6. The molecule has 0 aliphatic carbocycles. The van der Waals surface area contributed by atoms with Gasteiger partial charge in [0.25, 0.3) is 5.91 Å². The van der Waals surface area contributed by atoms with Crippen LogP contribution >= 0.6 is 11.3 Å². The number of hydrogen-bond acceptors (Lipinski definition) is 4. The summed E-state index contributed by atoms with van der Waals surface area (Å²) in [5, 5.41) is 24.1. The van der Waals surface area contributed by atoms with Gasteiger partial charge in [0.05, 0.1) is 6.42 Å². The standard InChI is InChI=1S/C22H18FNO5S/c23-16-10-8-15(9-11-16)22(21(28)29,24-20(27)14-5-2-1-3-6-14)17(13-19(25)26)18-7-4-12-30-18/h1-12,17H,13H2,(H,24,27)(H,25,26)(H,28,29). The van der Waals surface area contributed by atoms with Crippen LogP contribution in [0.5, 0.6) is 0 Å². The van der Waals surface area contributed by atoms with Gasteiger partial charge in [0.2, 0.25) is 0 Å². The van der Waals surface area contributed by atoms with E-state index in [1.54, 1.807) is 35.7 Å². The van der Waals surface area contributed by atoms with Crippen LogP contribution in [0.15, 0.2) is 72.1 Å². The van der Waals surface area contributed by atoms with Crippen molar-refractivity contribution in [3.8, 4) is 0 Å². The van der Waals surface area contributed by atoms with Crippen LogP contribution in [0.1, 0.15) is 33.1 Å². The molecule has 6 nitrogen and oxygen atoms in total. The van der Waals surface area contributed by atoms with Crippen LogP contribution in [-0.2, 0) is 15.1 Å². The van der Waals surface area contributed by atoms with E-state index in [4.69, 9.17) is 0 Å². The number of carbonyl (C=O) groups excluding carboxylic acids is 1. The zero-order valence-corrected chi connectivity index (χ0v) is 16.4. The van der Waals surface area contributed by atoms with E-state index in [2.05, 4.69) is 5.32 Å². The fourth-order valence-corrected chi connectivity index (χ4v) is 4.27. The highest BCUT2D eigenvalue weighted by Crippen LogP contribution is 2.42. The highest BCUT2D eigenvalue weighted by atomic mass is 32.1.